The second-order valence-corrected chi connectivity index (χ2v) is 6.10. The van der Waals surface area contributed by atoms with E-state index in [2.05, 4.69) is 16.0 Å². The minimum atomic E-state index is -0.113. The summed E-state index contributed by atoms with van der Waals surface area (Å²) in [6, 6.07) is 10.2. The van der Waals surface area contributed by atoms with Crippen LogP contribution in [0.1, 0.15) is 32.3 Å². The fourth-order valence-electron chi connectivity index (χ4n) is 2.59. The third kappa shape index (κ3) is 5.77. The van der Waals surface area contributed by atoms with Gasteiger partial charge in [0.25, 0.3) is 0 Å². The van der Waals surface area contributed by atoms with Gasteiger partial charge in [0.2, 0.25) is 5.91 Å². The Morgan fingerprint density at radius 1 is 1.40 bits per heavy atom. The lowest BCUT2D eigenvalue weighted by atomic mass is 10.1. The Balaban J connectivity index is 1.96. The molecule has 0 aliphatic rings. The highest BCUT2D eigenvalue weighted by atomic mass is 16.5. The molecule has 0 bridgehead atoms. The molecule has 0 radical (unpaired) electrons. The van der Waals surface area contributed by atoms with E-state index in [4.69, 9.17) is 10.00 Å². The quantitative estimate of drug-likeness (QED) is 0.561. The molecule has 1 amide bonds. The Morgan fingerprint density at radius 2 is 2.20 bits per heavy atom. The van der Waals surface area contributed by atoms with Crippen LogP contribution < -0.4 is 5.32 Å². The first-order chi connectivity index (χ1) is 12.1. The summed E-state index contributed by atoms with van der Waals surface area (Å²) in [6.07, 6.45) is 6.84. The number of nitriles is 1. The molecule has 0 unspecified atom stereocenters. The smallest absolute Gasteiger partial charge is 0.244 e. The van der Waals surface area contributed by atoms with Crippen molar-refractivity contribution in [1.82, 2.24) is 9.88 Å². The highest BCUT2D eigenvalue weighted by Gasteiger charge is 2.06. The van der Waals surface area contributed by atoms with Crippen LogP contribution in [0.25, 0.3) is 17.0 Å². The number of hydrogen-bond acceptors (Lipinski definition) is 3. The van der Waals surface area contributed by atoms with Crippen molar-refractivity contribution in [1.29, 1.82) is 5.26 Å². The molecule has 25 heavy (non-hydrogen) atoms. The summed E-state index contributed by atoms with van der Waals surface area (Å²) in [5.41, 5.74) is 2.05. The summed E-state index contributed by atoms with van der Waals surface area (Å²) in [7, 11) is 0. The molecule has 1 N–H and O–H groups in total. The highest BCUT2D eigenvalue weighted by Crippen LogP contribution is 2.22. The van der Waals surface area contributed by atoms with Crippen LogP contribution in [0.4, 0.5) is 0 Å². The number of nitrogens with one attached hydrogen (secondary N) is 1. The van der Waals surface area contributed by atoms with Crippen LogP contribution in [0.15, 0.2) is 36.5 Å². The Bertz CT molecular complexity index is 769. The van der Waals surface area contributed by atoms with E-state index in [0.29, 0.717) is 26.1 Å². The summed E-state index contributed by atoms with van der Waals surface area (Å²) in [4.78, 5) is 11.9. The van der Waals surface area contributed by atoms with Crippen LogP contribution >= 0.6 is 0 Å². The van der Waals surface area contributed by atoms with Crippen molar-refractivity contribution in [2.75, 3.05) is 13.2 Å². The zero-order valence-corrected chi connectivity index (χ0v) is 14.9. The molecule has 5 nitrogen and oxygen atoms in total. The molecular formula is C20H25N3O2. The molecule has 0 atom stereocenters. The average Bonchev–Trinajstić information content (AvgIpc) is 2.95. The molecule has 2 rings (SSSR count). The second kappa shape index (κ2) is 9.65. The first-order valence-electron chi connectivity index (χ1n) is 8.64. The summed E-state index contributed by atoms with van der Waals surface area (Å²) in [5.74, 6) is -0.113. The maximum absolute atomic E-state index is 11.9. The highest BCUT2D eigenvalue weighted by molar-refractivity contribution is 5.96. The number of para-hydroxylation sites is 1. The zero-order chi connectivity index (χ0) is 18.1. The van der Waals surface area contributed by atoms with Crippen molar-refractivity contribution in [3.05, 3.63) is 42.1 Å². The van der Waals surface area contributed by atoms with Crippen LogP contribution in [-0.4, -0.2) is 29.7 Å². The SMILES string of the molecule is CC(C)OCCCNC(=O)/C=C/c1cn(CCC#N)c2ccccc12. The van der Waals surface area contributed by atoms with Crippen LogP contribution in [-0.2, 0) is 16.1 Å². The molecule has 0 saturated heterocycles. The predicted molar refractivity (Wildman–Crippen MR) is 99.9 cm³/mol. The first kappa shape index (κ1) is 18.8. The number of rotatable bonds is 9. The Hall–Kier alpha value is -2.58. The molecule has 5 heteroatoms. The van der Waals surface area contributed by atoms with Gasteiger partial charge in [-0.25, -0.2) is 0 Å². The van der Waals surface area contributed by atoms with Crippen molar-refractivity contribution in [3.63, 3.8) is 0 Å². The zero-order valence-electron chi connectivity index (χ0n) is 14.9. The van der Waals surface area contributed by atoms with Crippen LogP contribution in [0.3, 0.4) is 0 Å². The number of aromatic nitrogens is 1. The van der Waals surface area contributed by atoms with E-state index in [1.165, 1.54) is 0 Å². The number of hydrogen-bond donors (Lipinski definition) is 1. The lowest BCUT2D eigenvalue weighted by Crippen LogP contribution is -2.23. The average molecular weight is 339 g/mol. The lowest BCUT2D eigenvalue weighted by Gasteiger charge is -2.07. The predicted octanol–water partition coefficient (Wildman–Crippen LogP) is 3.50. The molecule has 1 heterocycles. The summed E-state index contributed by atoms with van der Waals surface area (Å²) >= 11 is 0. The molecule has 2 aromatic rings. The van der Waals surface area contributed by atoms with E-state index in [1.807, 2.05) is 50.4 Å². The number of carbonyl (C=O) groups is 1. The van der Waals surface area contributed by atoms with Gasteiger partial charge < -0.3 is 14.6 Å². The molecule has 0 aliphatic heterocycles. The third-order valence-electron chi connectivity index (χ3n) is 3.77. The maximum atomic E-state index is 11.9. The Labute approximate surface area is 148 Å². The van der Waals surface area contributed by atoms with E-state index < -0.39 is 0 Å². The van der Waals surface area contributed by atoms with E-state index >= 15 is 0 Å². The number of amides is 1. The number of carbonyl (C=O) groups excluding carboxylic acids is 1. The van der Waals surface area contributed by atoms with Crippen LogP contribution in [0.2, 0.25) is 0 Å². The maximum Gasteiger partial charge on any atom is 0.244 e. The Morgan fingerprint density at radius 3 is 2.96 bits per heavy atom. The lowest BCUT2D eigenvalue weighted by molar-refractivity contribution is -0.116. The van der Waals surface area contributed by atoms with Gasteiger partial charge in [-0.1, -0.05) is 18.2 Å². The van der Waals surface area contributed by atoms with Gasteiger partial charge in [0.1, 0.15) is 0 Å². The number of aryl methyl sites for hydroxylation is 1. The fourth-order valence-corrected chi connectivity index (χ4v) is 2.59. The molecular weight excluding hydrogens is 314 g/mol. The molecule has 0 aliphatic carbocycles. The van der Waals surface area contributed by atoms with Gasteiger partial charge in [-0.05, 0) is 32.4 Å². The van der Waals surface area contributed by atoms with E-state index in [-0.39, 0.29) is 12.0 Å². The topological polar surface area (TPSA) is 67.0 Å². The van der Waals surface area contributed by atoms with E-state index in [0.717, 1.165) is 22.9 Å². The van der Waals surface area contributed by atoms with Crippen molar-refractivity contribution in [2.45, 2.75) is 39.3 Å². The minimum absolute atomic E-state index is 0.113. The number of nitrogens with zero attached hydrogens (tertiary/aromatic N) is 2. The van der Waals surface area contributed by atoms with Gasteiger partial charge in [0.15, 0.2) is 0 Å². The summed E-state index contributed by atoms with van der Waals surface area (Å²) in [6.45, 7) is 5.88. The molecule has 132 valence electrons. The number of fused-ring (bicyclic) bond motifs is 1. The van der Waals surface area contributed by atoms with Crippen molar-refractivity contribution < 1.29 is 9.53 Å². The van der Waals surface area contributed by atoms with E-state index in [1.54, 1.807) is 6.08 Å². The van der Waals surface area contributed by atoms with Crippen molar-refractivity contribution in [2.24, 2.45) is 0 Å². The number of ether oxygens (including phenoxy) is 1. The largest absolute Gasteiger partial charge is 0.379 e. The van der Waals surface area contributed by atoms with Crippen molar-refractivity contribution >= 4 is 22.9 Å². The Kier molecular flexibility index (Phi) is 7.24. The van der Waals surface area contributed by atoms with Gasteiger partial charge in [0, 0.05) is 48.4 Å². The van der Waals surface area contributed by atoms with Gasteiger partial charge in [-0.3, -0.25) is 4.79 Å². The normalized spacial score (nSPS) is 11.3. The molecule has 0 fully saturated rings. The van der Waals surface area contributed by atoms with Crippen LogP contribution in [0.5, 0.6) is 0 Å². The van der Waals surface area contributed by atoms with Gasteiger partial charge >= 0.3 is 0 Å². The second-order valence-electron chi connectivity index (χ2n) is 6.10. The number of benzene rings is 1. The first-order valence-corrected chi connectivity index (χ1v) is 8.64. The standard InChI is InChI=1S/C20H25N3O2/c1-16(2)25-14-6-12-22-20(24)10-9-17-15-23(13-5-11-21)19-8-4-3-7-18(17)19/h3-4,7-10,15-16H,5-6,12-14H2,1-2H3,(H,22,24)/b10-9+. The monoisotopic (exact) mass is 339 g/mol. The molecule has 0 saturated carbocycles. The van der Waals surface area contributed by atoms with Crippen molar-refractivity contribution in [3.8, 4) is 6.07 Å². The molecule has 1 aromatic heterocycles. The van der Waals surface area contributed by atoms with E-state index in [9.17, 15) is 4.79 Å². The summed E-state index contributed by atoms with van der Waals surface area (Å²) in [5, 5.41) is 12.7. The summed E-state index contributed by atoms with van der Waals surface area (Å²) < 4.78 is 7.50. The molecule has 1 aromatic carbocycles. The molecule has 0 spiro atoms. The van der Waals surface area contributed by atoms with Gasteiger partial charge in [0.05, 0.1) is 18.6 Å². The third-order valence-corrected chi connectivity index (χ3v) is 3.77. The minimum Gasteiger partial charge on any atom is -0.379 e. The fraction of sp³-hybridized carbons (Fsp3) is 0.400. The van der Waals surface area contributed by atoms with Gasteiger partial charge in [-0.2, -0.15) is 5.26 Å². The van der Waals surface area contributed by atoms with Gasteiger partial charge in [-0.15, -0.1) is 0 Å². The van der Waals surface area contributed by atoms with Crippen LogP contribution in [0, 0.1) is 11.3 Å².